The molecule has 0 aromatic heterocycles. The first-order valence-electron chi connectivity index (χ1n) is 9.21. The number of ether oxygens (including phenoxy) is 2. The maximum Gasteiger partial charge on any atom is 0.263 e. The first-order chi connectivity index (χ1) is 13.6. The Morgan fingerprint density at radius 1 is 1.11 bits per heavy atom. The average molecular weight is 379 g/mol. The highest BCUT2D eigenvalue weighted by atomic mass is 16.5. The molecule has 1 unspecified atom stereocenters. The molecule has 2 aromatic carbocycles. The molecule has 2 N–H and O–H groups in total. The first kappa shape index (κ1) is 20.8. The zero-order valence-electron chi connectivity index (χ0n) is 16.4. The van der Waals surface area contributed by atoms with Crippen molar-refractivity contribution in [2.45, 2.75) is 26.8 Å². The normalized spacial score (nSPS) is 11.9. The van der Waals surface area contributed by atoms with Crippen molar-refractivity contribution in [3.8, 4) is 17.6 Å². The molecule has 1 amide bonds. The number of hydrogen-bond acceptors (Lipinski definition) is 5. The van der Waals surface area contributed by atoms with Gasteiger partial charge >= 0.3 is 0 Å². The molecular weight excluding hydrogens is 354 g/mol. The summed E-state index contributed by atoms with van der Waals surface area (Å²) >= 11 is 0. The van der Waals surface area contributed by atoms with Gasteiger partial charge in [0.1, 0.15) is 11.6 Å². The molecule has 0 aliphatic heterocycles. The molecule has 2 aromatic rings. The Labute approximate surface area is 165 Å². The van der Waals surface area contributed by atoms with Crippen LogP contribution in [0.1, 0.15) is 32.4 Å². The predicted octanol–water partition coefficient (Wildman–Crippen LogP) is 4.18. The standard InChI is InChI=1S/C22H25N3O3/c1-4-27-20-12-11-19(13-21(20)28-5-2)24-15-18(14-23)22(26)25-16(3)17-9-7-6-8-10-17/h6-13,15-16,24H,4-5H2,1-3H3,(H,25,26)/b18-15-. The van der Waals surface area contributed by atoms with Crippen molar-refractivity contribution in [1.82, 2.24) is 5.32 Å². The molecular formula is C22H25N3O3. The molecule has 0 aliphatic rings. The number of anilines is 1. The highest BCUT2D eigenvalue weighted by molar-refractivity contribution is 5.97. The summed E-state index contributed by atoms with van der Waals surface area (Å²) in [4.78, 5) is 12.4. The highest BCUT2D eigenvalue weighted by Crippen LogP contribution is 2.30. The van der Waals surface area contributed by atoms with Crippen molar-refractivity contribution in [1.29, 1.82) is 5.26 Å². The quantitative estimate of drug-likeness (QED) is 0.504. The molecule has 6 nitrogen and oxygen atoms in total. The van der Waals surface area contributed by atoms with E-state index in [-0.39, 0.29) is 11.6 Å². The van der Waals surface area contributed by atoms with E-state index in [4.69, 9.17) is 9.47 Å². The van der Waals surface area contributed by atoms with E-state index in [0.29, 0.717) is 30.4 Å². The number of carbonyl (C=O) groups is 1. The summed E-state index contributed by atoms with van der Waals surface area (Å²) in [5.41, 5.74) is 1.63. The lowest BCUT2D eigenvalue weighted by Gasteiger charge is -2.14. The van der Waals surface area contributed by atoms with Crippen LogP contribution in [-0.2, 0) is 4.79 Å². The van der Waals surface area contributed by atoms with E-state index >= 15 is 0 Å². The Morgan fingerprint density at radius 3 is 2.43 bits per heavy atom. The van der Waals surface area contributed by atoms with Crippen LogP contribution < -0.4 is 20.1 Å². The second kappa shape index (κ2) is 10.6. The van der Waals surface area contributed by atoms with Gasteiger partial charge in [0.05, 0.1) is 19.3 Å². The average Bonchev–Trinajstić information content (AvgIpc) is 2.71. The number of nitriles is 1. The van der Waals surface area contributed by atoms with Crippen molar-refractivity contribution < 1.29 is 14.3 Å². The van der Waals surface area contributed by atoms with Gasteiger partial charge < -0.3 is 20.1 Å². The number of amides is 1. The number of hydrogen-bond donors (Lipinski definition) is 2. The lowest BCUT2D eigenvalue weighted by molar-refractivity contribution is -0.117. The van der Waals surface area contributed by atoms with Gasteiger partial charge in [-0.15, -0.1) is 0 Å². The van der Waals surface area contributed by atoms with E-state index in [1.54, 1.807) is 18.2 Å². The van der Waals surface area contributed by atoms with Gasteiger partial charge in [-0.3, -0.25) is 4.79 Å². The fraction of sp³-hybridized carbons (Fsp3) is 0.273. The molecule has 1 atom stereocenters. The largest absolute Gasteiger partial charge is 0.490 e. The monoisotopic (exact) mass is 379 g/mol. The van der Waals surface area contributed by atoms with Gasteiger partial charge in [0.25, 0.3) is 5.91 Å². The Balaban J connectivity index is 2.09. The summed E-state index contributed by atoms with van der Waals surface area (Å²) in [5, 5.41) is 15.2. The summed E-state index contributed by atoms with van der Waals surface area (Å²) in [6.45, 7) is 6.70. The van der Waals surface area contributed by atoms with Crippen LogP contribution in [0.2, 0.25) is 0 Å². The van der Waals surface area contributed by atoms with Gasteiger partial charge in [-0.1, -0.05) is 30.3 Å². The minimum Gasteiger partial charge on any atom is -0.490 e. The molecule has 146 valence electrons. The molecule has 0 saturated heterocycles. The van der Waals surface area contributed by atoms with Crippen LogP contribution >= 0.6 is 0 Å². The predicted molar refractivity (Wildman–Crippen MR) is 109 cm³/mol. The van der Waals surface area contributed by atoms with Crippen molar-refractivity contribution in [3.63, 3.8) is 0 Å². The second-order valence-electron chi connectivity index (χ2n) is 5.95. The zero-order valence-corrected chi connectivity index (χ0v) is 16.4. The molecule has 0 heterocycles. The third-order valence-electron chi connectivity index (χ3n) is 3.94. The maximum absolute atomic E-state index is 12.4. The number of rotatable bonds is 9. The van der Waals surface area contributed by atoms with Crippen molar-refractivity contribution in [2.24, 2.45) is 0 Å². The van der Waals surface area contributed by atoms with Crippen LogP contribution in [0.3, 0.4) is 0 Å². The Bertz CT molecular complexity index is 857. The molecule has 0 aliphatic carbocycles. The van der Waals surface area contributed by atoms with E-state index in [0.717, 1.165) is 5.56 Å². The van der Waals surface area contributed by atoms with Gasteiger partial charge in [0.2, 0.25) is 0 Å². The topological polar surface area (TPSA) is 83.4 Å². The van der Waals surface area contributed by atoms with Crippen molar-refractivity contribution in [2.75, 3.05) is 18.5 Å². The summed E-state index contributed by atoms with van der Waals surface area (Å²) in [7, 11) is 0. The number of carbonyl (C=O) groups excluding carboxylic acids is 1. The number of nitrogens with zero attached hydrogens (tertiary/aromatic N) is 1. The van der Waals surface area contributed by atoms with Gasteiger partial charge in [-0.05, 0) is 38.5 Å². The van der Waals surface area contributed by atoms with E-state index in [1.165, 1.54) is 6.20 Å². The molecule has 28 heavy (non-hydrogen) atoms. The Kier molecular flexibility index (Phi) is 7.92. The summed E-state index contributed by atoms with van der Waals surface area (Å²) in [6, 6.07) is 16.6. The molecule has 6 heteroatoms. The number of nitrogens with one attached hydrogen (secondary N) is 2. The minimum atomic E-state index is -0.442. The van der Waals surface area contributed by atoms with Crippen molar-refractivity contribution >= 4 is 11.6 Å². The Hall–Kier alpha value is -3.46. The van der Waals surface area contributed by atoms with Crippen LogP contribution in [0.15, 0.2) is 60.3 Å². The Morgan fingerprint density at radius 2 is 1.79 bits per heavy atom. The van der Waals surface area contributed by atoms with Crippen LogP contribution in [-0.4, -0.2) is 19.1 Å². The third kappa shape index (κ3) is 5.78. The molecule has 0 saturated carbocycles. The summed E-state index contributed by atoms with van der Waals surface area (Å²) in [6.07, 6.45) is 1.39. The third-order valence-corrected chi connectivity index (χ3v) is 3.94. The maximum atomic E-state index is 12.4. The fourth-order valence-corrected chi connectivity index (χ4v) is 2.54. The molecule has 0 bridgehead atoms. The van der Waals surface area contributed by atoms with E-state index in [1.807, 2.05) is 57.2 Å². The van der Waals surface area contributed by atoms with Gasteiger partial charge in [-0.2, -0.15) is 5.26 Å². The highest BCUT2D eigenvalue weighted by Gasteiger charge is 2.14. The van der Waals surface area contributed by atoms with E-state index < -0.39 is 5.91 Å². The number of benzene rings is 2. The van der Waals surface area contributed by atoms with E-state index in [2.05, 4.69) is 10.6 Å². The van der Waals surface area contributed by atoms with Crippen LogP contribution in [0.25, 0.3) is 0 Å². The minimum absolute atomic E-state index is 0.0189. The SMILES string of the molecule is CCOc1ccc(N/C=C(/C#N)C(=O)NC(C)c2ccccc2)cc1OCC. The van der Waals surface area contributed by atoms with Gasteiger partial charge in [-0.25, -0.2) is 0 Å². The molecule has 0 spiro atoms. The molecule has 0 radical (unpaired) electrons. The van der Waals surface area contributed by atoms with Crippen LogP contribution in [0, 0.1) is 11.3 Å². The fourth-order valence-electron chi connectivity index (χ4n) is 2.54. The lowest BCUT2D eigenvalue weighted by Crippen LogP contribution is -2.28. The van der Waals surface area contributed by atoms with Crippen molar-refractivity contribution in [3.05, 3.63) is 65.9 Å². The zero-order chi connectivity index (χ0) is 20.4. The van der Waals surface area contributed by atoms with Crippen LogP contribution in [0.5, 0.6) is 11.5 Å². The first-order valence-corrected chi connectivity index (χ1v) is 9.21. The van der Waals surface area contributed by atoms with Gasteiger partial charge in [0.15, 0.2) is 11.5 Å². The smallest absolute Gasteiger partial charge is 0.263 e. The van der Waals surface area contributed by atoms with Gasteiger partial charge in [0, 0.05) is 18.0 Å². The van der Waals surface area contributed by atoms with E-state index in [9.17, 15) is 10.1 Å². The summed E-state index contributed by atoms with van der Waals surface area (Å²) in [5.74, 6) is 0.805. The summed E-state index contributed by atoms with van der Waals surface area (Å²) < 4.78 is 11.1. The molecule has 0 fully saturated rings. The molecule has 2 rings (SSSR count). The second-order valence-corrected chi connectivity index (χ2v) is 5.95. The van der Waals surface area contributed by atoms with Crippen LogP contribution in [0.4, 0.5) is 5.69 Å². The lowest BCUT2D eigenvalue weighted by atomic mass is 10.1.